The number of hydrogen-bond donors (Lipinski definition) is 3. The maximum absolute atomic E-state index is 12.7. The van der Waals surface area contributed by atoms with E-state index in [1.54, 1.807) is 11.9 Å². The van der Waals surface area contributed by atoms with E-state index in [9.17, 15) is 14.4 Å². The van der Waals surface area contributed by atoms with Gasteiger partial charge in [-0.25, -0.2) is 4.98 Å². The second kappa shape index (κ2) is 8.69. The van der Waals surface area contributed by atoms with Crippen LogP contribution in [0.3, 0.4) is 0 Å². The Morgan fingerprint density at radius 1 is 1.07 bits per heavy atom. The Kier molecular flexibility index (Phi) is 6.08. The number of anilines is 1. The predicted molar refractivity (Wildman–Crippen MR) is 105 cm³/mol. The van der Waals surface area contributed by atoms with E-state index in [1.807, 2.05) is 30.3 Å². The molecule has 1 aliphatic rings. The number of imidazole rings is 1. The molecule has 1 aromatic heterocycles. The number of hydrogen-bond acceptors (Lipinski definition) is 4. The van der Waals surface area contributed by atoms with Crippen LogP contribution in [0.4, 0.5) is 5.69 Å². The van der Waals surface area contributed by atoms with E-state index in [4.69, 9.17) is 0 Å². The van der Waals surface area contributed by atoms with Gasteiger partial charge in [0.15, 0.2) is 5.69 Å². The van der Waals surface area contributed by atoms with Gasteiger partial charge in [-0.3, -0.25) is 14.4 Å². The molecule has 1 saturated carbocycles. The number of amides is 3. The maximum atomic E-state index is 12.7. The molecule has 148 valence electrons. The molecule has 0 saturated heterocycles. The molecule has 1 aromatic carbocycles. The minimum Gasteiger partial charge on any atom is -0.354 e. The summed E-state index contributed by atoms with van der Waals surface area (Å²) in [7, 11) is 3.29. The molecule has 3 N–H and O–H groups in total. The van der Waals surface area contributed by atoms with Crippen LogP contribution in [0.5, 0.6) is 0 Å². The fourth-order valence-corrected chi connectivity index (χ4v) is 3.56. The van der Waals surface area contributed by atoms with Gasteiger partial charge in [0.05, 0.1) is 6.33 Å². The molecule has 1 heterocycles. The van der Waals surface area contributed by atoms with Crippen molar-refractivity contribution in [3.63, 3.8) is 0 Å². The number of para-hydroxylation sites is 1. The molecule has 0 radical (unpaired) electrons. The third-order valence-corrected chi connectivity index (χ3v) is 5.19. The number of carbonyl (C=O) groups is 3. The van der Waals surface area contributed by atoms with Crippen LogP contribution in [0.15, 0.2) is 36.7 Å². The molecule has 8 nitrogen and oxygen atoms in total. The van der Waals surface area contributed by atoms with Crippen molar-refractivity contribution in [1.82, 2.24) is 20.6 Å². The Balaban J connectivity index is 1.54. The topological polar surface area (TPSA) is 107 Å². The molecule has 0 unspecified atom stereocenters. The molecule has 0 spiro atoms. The zero-order valence-corrected chi connectivity index (χ0v) is 16.1. The Bertz CT molecular complexity index is 841. The van der Waals surface area contributed by atoms with Crippen molar-refractivity contribution < 1.29 is 14.4 Å². The van der Waals surface area contributed by atoms with E-state index in [0.717, 1.165) is 5.69 Å². The maximum Gasteiger partial charge on any atom is 0.272 e. The minimum atomic E-state index is -0.388. The molecule has 1 fully saturated rings. The van der Waals surface area contributed by atoms with Crippen molar-refractivity contribution in [3.8, 4) is 0 Å². The van der Waals surface area contributed by atoms with Gasteiger partial charge in [0, 0.05) is 31.7 Å². The van der Waals surface area contributed by atoms with E-state index in [2.05, 4.69) is 20.6 Å². The Morgan fingerprint density at radius 2 is 1.75 bits per heavy atom. The number of aromatic nitrogens is 2. The molecule has 0 atom stereocenters. The van der Waals surface area contributed by atoms with Crippen molar-refractivity contribution >= 4 is 23.4 Å². The van der Waals surface area contributed by atoms with E-state index < -0.39 is 0 Å². The van der Waals surface area contributed by atoms with Crippen LogP contribution in [0.1, 0.15) is 46.7 Å². The van der Waals surface area contributed by atoms with Crippen LogP contribution in [-0.4, -0.2) is 47.8 Å². The van der Waals surface area contributed by atoms with Crippen molar-refractivity contribution in [1.29, 1.82) is 0 Å². The first-order valence-corrected chi connectivity index (χ1v) is 9.40. The molecular formula is C20H25N5O3. The van der Waals surface area contributed by atoms with Crippen molar-refractivity contribution in [2.24, 2.45) is 5.92 Å². The summed E-state index contributed by atoms with van der Waals surface area (Å²) in [5.41, 5.74) is 1.11. The second-order valence-electron chi connectivity index (χ2n) is 6.96. The summed E-state index contributed by atoms with van der Waals surface area (Å²) in [6.07, 6.45) is 4.18. The highest BCUT2D eigenvalue weighted by Gasteiger charge is 2.30. The molecule has 0 aliphatic heterocycles. The monoisotopic (exact) mass is 383 g/mol. The molecule has 1 aliphatic carbocycles. The number of rotatable bonds is 5. The van der Waals surface area contributed by atoms with E-state index >= 15 is 0 Å². The first kappa shape index (κ1) is 19.6. The van der Waals surface area contributed by atoms with Crippen molar-refractivity contribution in [2.75, 3.05) is 19.0 Å². The average molecular weight is 383 g/mol. The average Bonchev–Trinajstić information content (AvgIpc) is 3.23. The third kappa shape index (κ3) is 4.21. The lowest BCUT2D eigenvalue weighted by Gasteiger charge is -2.31. The Labute approximate surface area is 163 Å². The molecule has 0 bridgehead atoms. The first-order valence-electron chi connectivity index (χ1n) is 9.40. The normalized spacial score (nSPS) is 18.9. The van der Waals surface area contributed by atoms with E-state index in [-0.39, 0.29) is 41.1 Å². The summed E-state index contributed by atoms with van der Waals surface area (Å²) in [6, 6.07) is 9.54. The van der Waals surface area contributed by atoms with E-state index in [1.165, 1.54) is 13.4 Å². The second-order valence-corrected chi connectivity index (χ2v) is 6.96. The Hall–Kier alpha value is -3.16. The van der Waals surface area contributed by atoms with Crippen LogP contribution in [0.2, 0.25) is 0 Å². The van der Waals surface area contributed by atoms with Gasteiger partial charge in [-0.15, -0.1) is 0 Å². The van der Waals surface area contributed by atoms with Crippen LogP contribution >= 0.6 is 0 Å². The van der Waals surface area contributed by atoms with Crippen LogP contribution in [-0.2, 0) is 4.79 Å². The van der Waals surface area contributed by atoms with Gasteiger partial charge in [0.1, 0.15) is 5.69 Å². The highest BCUT2D eigenvalue weighted by atomic mass is 16.2. The summed E-state index contributed by atoms with van der Waals surface area (Å²) in [5, 5.41) is 5.41. The zero-order chi connectivity index (χ0) is 20.1. The summed E-state index contributed by atoms with van der Waals surface area (Å²) in [6.45, 7) is 0. The number of benzene rings is 1. The van der Waals surface area contributed by atoms with Gasteiger partial charge < -0.3 is 20.5 Å². The molecule has 8 heteroatoms. The quantitative estimate of drug-likeness (QED) is 0.731. The van der Waals surface area contributed by atoms with Crippen LogP contribution in [0.25, 0.3) is 0 Å². The summed E-state index contributed by atoms with van der Waals surface area (Å²) in [5.74, 6) is -0.715. The largest absolute Gasteiger partial charge is 0.354 e. The lowest BCUT2D eigenvalue weighted by Crippen LogP contribution is -2.42. The van der Waals surface area contributed by atoms with E-state index in [0.29, 0.717) is 25.7 Å². The van der Waals surface area contributed by atoms with Gasteiger partial charge in [0.25, 0.3) is 11.8 Å². The fourth-order valence-electron chi connectivity index (χ4n) is 3.56. The smallest absolute Gasteiger partial charge is 0.272 e. The first-order chi connectivity index (χ1) is 13.5. The van der Waals surface area contributed by atoms with Gasteiger partial charge >= 0.3 is 0 Å². The van der Waals surface area contributed by atoms with Crippen LogP contribution < -0.4 is 15.5 Å². The van der Waals surface area contributed by atoms with Gasteiger partial charge in [-0.1, -0.05) is 18.2 Å². The molecule has 28 heavy (non-hydrogen) atoms. The van der Waals surface area contributed by atoms with Crippen molar-refractivity contribution in [3.05, 3.63) is 48.0 Å². The number of aromatic amines is 1. The summed E-state index contributed by atoms with van der Waals surface area (Å²) in [4.78, 5) is 45.4. The number of nitrogens with zero attached hydrogens (tertiary/aromatic N) is 2. The summed E-state index contributed by atoms with van der Waals surface area (Å²) >= 11 is 0. The number of carbonyl (C=O) groups excluding carboxylic acids is 3. The minimum absolute atomic E-state index is 0.0344. The standard InChI is InChI=1S/C20H25N5O3/c1-21-18(26)16-17(23-12-22-16)19(27)24-14-10-8-13(9-11-14)20(28)25(2)15-6-4-3-5-7-15/h3-7,12-14H,8-11H2,1-2H3,(H,21,26)(H,22,23)(H,24,27). The zero-order valence-electron chi connectivity index (χ0n) is 16.1. The lowest BCUT2D eigenvalue weighted by atomic mass is 9.85. The SMILES string of the molecule is CNC(=O)c1[nH]cnc1C(=O)NC1CCC(C(=O)N(C)c2ccccc2)CC1. The van der Waals surface area contributed by atoms with Crippen LogP contribution in [0, 0.1) is 5.92 Å². The molecule has 3 amide bonds. The van der Waals surface area contributed by atoms with Gasteiger partial charge in [-0.05, 0) is 37.8 Å². The molecule has 3 rings (SSSR count). The number of H-pyrrole nitrogens is 1. The Morgan fingerprint density at radius 3 is 2.39 bits per heavy atom. The molecular weight excluding hydrogens is 358 g/mol. The lowest BCUT2D eigenvalue weighted by molar-refractivity contribution is -0.123. The third-order valence-electron chi connectivity index (χ3n) is 5.19. The van der Waals surface area contributed by atoms with Crippen molar-refractivity contribution in [2.45, 2.75) is 31.7 Å². The fraction of sp³-hybridized carbons (Fsp3) is 0.400. The highest BCUT2D eigenvalue weighted by molar-refractivity contribution is 6.04. The highest BCUT2D eigenvalue weighted by Crippen LogP contribution is 2.27. The predicted octanol–water partition coefficient (Wildman–Crippen LogP) is 1.72. The summed E-state index contributed by atoms with van der Waals surface area (Å²) < 4.78 is 0. The molecule has 2 aromatic rings. The number of nitrogens with one attached hydrogen (secondary N) is 3. The van der Waals surface area contributed by atoms with Gasteiger partial charge in [-0.2, -0.15) is 0 Å². The van der Waals surface area contributed by atoms with Gasteiger partial charge in [0.2, 0.25) is 5.91 Å².